The van der Waals surface area contributed by atoms with Crippen molar-refractivity contribution < 1.29 is 9.53 Å². The maximum Gasteiger partial charge on any atom is 0.407 e. The SMILES string of the molecule is CC(CNC1CCCc2cccnc21)NC(=O)OC(C)(C)C. The Hall–Kier alpha value is -1.62. The van der Waals surface area contributed by atoms with Gasteiger partial charge in [-0.3, -0.25) is 4.98 Å². The van der Waals surface area contributed by atoms with Crippen LogP contribution in [0.1, 0.15) is 57.8 Å². The summed E-state index contributed by atoms with van der Waals surface area (Å²) in [6.45, 7) is 8.25. The number of fused-ring (bicyclic) bond motifs is 1. The van der Waals surface area contributed by atoms with Crippen LogP contribution in [0.5, 0.6) is 0 Å². The number of nitrogens with zero attached hydrogens (tertiary/aromatic N) is 1. The van der Waals surface area contributed by atoms with Gasteiger partial charge in [0, 0.05) is 24.8 Å². The zero-order valence-corrected chi connectivity index (χ0v) is 14.0. The average Bonchev–Trinajstić information content (AvgIpc) is 2.43. The number of amides is 1. The van der Waals surface area contributed by atoms with Crippen LogP contribution in [-0.4, -0.2) is 29.3 Å². The summed E-state index contributed by atoms with van der Waals surface area (Å²) in [6, 6.07) is 4.42. The van der Waals surface area contributed by atoms with Crippen molar-refractivity contribution in [3.8, 4) is 0 Å². The van der Waals surface area contributed by atoms with Crippen LogP contribution >= 0.6 is 0 Å². The maximum absolute atomic E-state index is 11.7. The molecule has 5 heteroatoms. The van der Waals surface area contributed by atoms with Gasteiger partial charge in [-0.15, -0.1) is 0 Å². The molecule has 1 aliphatic carbocycles. The molecule has 1 amide bonds. The van der Waals surface area contributed by atoms with Crippen molar-refractivity contribution in [3.63, 3.8) is 0 Å². The van der Waals surface area contributed by atoms with E-state index in [0.29, 0.717) is 6.54 Å². The van der Waals surface area contributed by atoms with Crippen molar-refractivity contribution in [3.05, 3.63) is 29.6 Å². The zero-order valence-electron chi connectivity index (χ0n) is 14.0. The number of aryl methyl sites for hydroxylation is 1. The summed E-state index contributed by atoms with van der Waals surface area (Å²) in [5.41, 5.74) is 2.01. The summed E-state index contributed by atoms with van der Waals surface area (Å²) >= 11 is 0. The smallest absolute Gasteiger partial charge is 0.407 e. The molecule has 0 bridgehead atoms. The Morgan fingerprint density at radius 1 is 1.50 bits per heavy atom. The molecule has 1 aromatic heterocycles. The van der Waals surface area contributed by atoms with E-state index in [0.717, 1.165) is 18.5 Å². The standard InChI is InChI=1S/C17H27N3O2/c1-12(20-16(21)22-17(2,3)4)11-19-14-9-5-7-13-8-6-10-18-15(13)14/h6,8,10,12,14,19H,5,7,9,11H2,1-4H3,(H,20,21). The number of nitrogens with one attached hydrogen (secondary N) is 2. The molecule has 0 aromatic carbocycles. The zero-order chi connectivity index (χ0) is 16.2. The first-order valence-electron chi connectivity index (χ1n) is 8.02. The van der Waals surface area contributed by atoms with Gasteiger partial charge in [0.1, 0.15) is 5.60 Å². The fourth-order valence-electron chi connectivity index (χ4n) is 2.69. The molecule has 0 fully saturated rings. The minimum Gasteiger partial charge on any atom is -0.444 e. The van der Waals surface area contributed by atoms with E-state index in [1.807, 2.05) is 40.0 Å². The van der Waals surface area contributed by atoms with Crippen LogP contribution in [0.2, 0.25) is 0 Å². The first-order valence-corrected chi connectivity index (χ1v) is 8.02. The van der Waals surface area contributed by atoms with Gasteiger partial charge in [-0.2, -0.15) is 0 Å². The summed E-state index contributed by atoms with van der Waals surface area (Å²) in [6.07, 6.45) is 4.84. The molecule has 1 aromatic rings. The maximum atomic E-state index is 11.7. The van der Waals surface area contributed by atoms with Crippen LogP contribution in [0, 0.1) is 0 Å². The lowest BCUT2D eigenvalue weighted by molar-refractivity contribution is 0.0507. The summed E-state index contributed by atoms with van der Waals surface area (Å²) in [5.74, 6) is 0. The molecular weight excluding hydrogens is 278 g/mol. The third-order valence-corrected chi connectivity index (χ3v) is 3.63. The van der Waals surface area contributed by atoms with Gasteiger partial charge < -0.3 is 15.4 Å². The van der Waals surface area contributed by atoms with Gasteiger partial charge in [0.05, 0.1) is 5.69 Å². The Bertz CT molecular complexity index is 511. The Labute approximate surface area is 132 Å². The Morgan fingerprint density at radius 3 is 3.00 bits per heavy atom. The second-order valence-electron chi connectivity index (χ2n) is 6.95. The number of aromatic nitrogens is 1. The Balaban J connectivity index is 1.82. The van der Waals surface area contributed by atoms with Gasteiger partial charge in [0.15, 0.2) is 0 Å². The highest BCUT2D eigenvalue weighted by Crippen LogP contribution is 2.27. The number of rotatable bonds is 4. The average molecular weight is 305 g/mol. The molecule has 5 nitrogen and oxygen atoms in total. The molecule has 2 N–H and O–H groups in total. The number of carbonyl (C=O) groups is 1. The van der Waals surface area contributed by atoms with Gasteiger partial charge in [0.2, 0.25) is 0 Å². The van der Waals surface area contributed by atoms with Crippen molar-refractivity contribution in [1.29, 1.82) is 0 Å². The van der Waals surface area contributed by atoms with Gasteiger partial charge in [-0.25, -0.2) is 4.79 Å². The molecule has 2 unspecified atom stereocenters. The largest absolute Gasteiger partial charge is 0.444 e. The first-order chi connectivity index (χ1) is 10.3. The van der Waals surface area contributed by atoms with Crippen LogP contribution in [0.4, 0.5) is 4.79 Å². The minimum absolute atomic E-state index is 0.00365. The molecule has 2 rings (SSSR count). The van der Waals surface area contributed by atoms with Crippen LogP contribution in [0.25, 0.3) is 0 Å². The van der Waals surface area contributed by atoms with Crippen LogP contribution in [0.3, 0.4) is 0 Å². The summed E-state index contributed by atoms with van der Waals surface area (Å²) in [7, 11) is 0. The van der Waals surface area contributed by atoms with Crippen molar-refractivity contribution in [2.24, 2.45) is 0 Å². The number of carbonyl (C=O) groups excluding carboxylic acids is 1. The lowest BCUT2D eigenvalue weighted by Gasteiger charge is -2.27. The second kappa shape index (κ2) is 7.09. The Kier molecular flexibility index (Phi) is 5.40. The van der Waals surface area contributed by atoms with E-state index in [-0.39, 0.29) is 18.2 Å². The molecule has 0 saturated heterocycles. The molecule has 22 heavy (non-hydrogen) atoms. The van der Waals surface area contributed by atoms with Crippen LogP contribution in [-0.2, 0) is 11.2 Å². The molecule has 122 valence electrons. The summed E-state index contributed by atoms with van der Waals surface area (Å²) in [5, 5.41) is 6.37. The van der Waals surface area contributed by atoms with E-state index < -0.39 is 5.60 Å². The van der Waals surface area contributed by atoms with Gasteiger partial charge in [-0.05, 0) is 58.6 Å². The van der Waals surface area contributed by atoms with Crippen LogP contribution in [0.15, 0.2) is 18.3 Å². The quantitative estimate of drug-likeness (QED) is 0.897. The lowest BCUT2D eigenvalue weighted by atomic mass is 9.92. The third kappa shape index (κ3) is 4.98. The molecule has 0 aliphatic heterocycles. The number of hydrogen-bond donors (Lipinski definition) is 2. The second-order valence-corrected chi connectivity index (χ2v) is 6.95. The fraction of sp³-hybridized carbons (Fsp3) is 0.647. The highest BCUT2D eigenvalue weighted by Gasteiger charge is 2.22. The van der Waals surface area contributed by atoms with E-state index in [1.165, 1.54) is 12.0 Å². The van der Waals surface area contributed by atoms with Crippen LogP contribution < -0.4 is 10.6 Å². The van der Waals surface area contributed by atoms with Gasteiger partial charge in [0.25, 0.3) is 0 Å². The Morgan fingerprint density at radius 2 is 2.27 bits per heavy atom. The van der Waals surface area contributed by atoms with E-state index in [2.05, 4.69) is 21.7 Å². The number of pyridine rings is 1. The van der Waals surface area contributed by atoms with E-state index in [4.69, 9.17) is 4.74 Å². The lowest BCUT2D eigenvalue weighted by Crippen LogP contribution is -2.43. The highest BCUT2D eigenvalue weighted by molar-refractivity contribution is 5.68. The first kappa shape index (κ1) is 16.7. The number of alkyl carbamates (subject to hydrolysis) is 1. The minimum atomic E-state index is -0.469. The predicted molar refractivity (Wildman–Crippen MR) is 86.8 cm³/mol. The summed E-state index contributed by atoms with van der Waals surface area (Å²) in [4.78, 5) is 16.3. The van der Waals surface area contributed by atoms with Gasteiger partial charge in [-0.1, -0.05) is 6.07 Å². The summed E-state index contributed by atoms with van der Waals surface area (Å²) < 4.78 is 5.27. The molecule has 1 heterocycles. The molecule has 0 saturated carbocycles. The van der Waals surface area contributed by atoms with Crippen molar-refractivity contribution in [2.75, 3.05) is 6.54 Å². The predicted octanol–water partition coefficient (Wildman–Crippen LogP) is 2.96. The highest BCUT2D eigenvalue weighted by atomic mass is 16.6. The molecule has 0 spiro atoms. The van der Waals surface area contributed by atoms with Gasteiger partial charge >= 0.3 is 6.09 Å². The molecule has 0 radical (unpaired) electrons. The van der Waals surface area contributed by atoms with E-state index in [1.54, 1.807) is 0 Å². The number of hydrogen-bond acceptors (Lipinski definition) is 4. The fourth-order valence-corrected chi connectivity index (χ4v) is 2.69. The molecule has 2 atom stereocenters. The number of ether oxygens (including phenoxy) is 1. The molecule has 1 aliphatic rings. The van der Waals surface area contributed by atoms with E-state index >= 15 is 0 Å². The van der Waals surface area contributed by atoms with Crippen molar-refractivity contribution >= 4 is 6.09 Å². The van der Waals surface area contributed by atoms with Crippen molar-refractivity contribution in [2.45, 2.75) is 64.6 Å². The molecular formula is C17H27N3O2. The van der Waals surface area contributed by atoms with E-state index in [9.17, 15) is 4.79 Å². The normalized spacial score (nSPS) is 19.2. The monoisotopic (exact) mass is 305 g/mol. The third-order valence-electron chi connectivity index (χ3n) is 3.63. The van der Waals surface area contributed by atoms with Crippen molar-refractivity contribution in [1.82, 2.24) is 15.6 Å². The topological polar surface area (TPSA) is 63.2 Å².